The van der Waals surface area contributed by atoms with Crippen molar-refractivity contribution in [3.63, 3.8) is 0 Å². The van der Waals surface area contributed by atoms with E-state index in [4.69, 9.17) is 0 Å². The Morgan fingerprint density at radius 1 is 0.978 bits per heavy atom. The molecule has 3 heterocycles. The first-order valence-corrected chi connectivity index (χ1v) is 15.4. The lowest BCUT2D eigenvalue weighted by Crippen LogP contribution is -2.44. The fourth-order valence-electron chi connectivity index (χ4n) is 6.05. The molecule has 14 heteroatoms. The van der Waals surface area contributed by atoms with E-state index in [1.807, 2.05) is 30.1 Å². The molecule has 2 aliphatic rings. The topological polar surface area (TPSA) is 123 Å². The Bertz CT molecular complexity index is 1690. The largest absolute Gasteiger partial charge is 0.416 e. The summed E-state index contributed by atoms with van der Waals surface area (Å²) in [6.07, 6.45) is 0.230. The number of aliphatic hydroxyl groups excluding tert-OH is 1. The fraction of sp³-hybridized carbons (Fsp3) is 0.438. The summed E-state index contributed by atoms with van der Waals surface area (Å²) in [7, 11) is 3.73. The molecule has 11 nitrogen and oxygen atoms in total. The first kappa shape index (κ1) is 31.7. The minimum absolute atomic E-state index is 0.0348. The van der Waals surface area contributed by atoms with Crippen LogP contribution in [0.15, 0.2) is 48.7 Å². The maximum atomic E-state index is 14.0. The summed E-state index contributed by atoms with van der Waals surface area (Å²) < 4.78 is 43.5. The van der Waals surface area contributed by atoms with Gasteiger partial charge in [-0.05, 0) is 62.6 Å². The zero-order chi connectivity index (χ0) is 32.4. The Labute approximate surface area is 264 Å². The first-order valence-electron chi connectivity index (χ1n) is 15.4. The highest BCUT2D eigenvalue weighted by Gasteiger charge is 2.34. The molecule has 0 atom stereocenters. The van der Waals surface area contributed by atoms with E-state index in [1.165, 1.54) is 12.1 Å². The average molecular weight is 638 g/mol. The zero-order valence-electron chi connectivity index (χ0n) is 25.8. The first-order chi connectivity index (χ1) is 22.0. The lowest BCUT2D eigenvalue weighted by Gasteiger charge is -2.33. The molecule has 0 bridgehead atoms. The van der Waals surface area contributed by atoms with E-state index < -0.39 is 17.8 Å². The van der Waals surface area contributed by atoms with Gasteiger partial charge in [-0.15, -0.1) is 0 Å². The van der Waals surface area contributed by atoms with Crippen LogP contribution >= 0.6 is 0 Å². The van der Waals surface area contributed by atoms with Gasteiger partial charge in [-0.1, -0.05) is 12.1 Å². The molecule has 2 aromatic carbocycles. The third kappa shape index (κ3) is 7.57. The van der Waals surface area contributed by atoms with Crippen molar-refractivity contribution in [2.75, 3.05) is 49.2 Å². The lowest BCUT2D eigenvalue weighted by molar-refractivity contribution is -0.138. The quantitative estimate of drug-likeness (QED) is 0.219. The van der Waals surface area contributed by atoms with Gasteiger partial charge in [0.25, 0.3) is 0 Å². The molecule has 1 saturated carbocycles. The molecule has 4 aromatic rings. The van der Waals surface area contributed by atoms with Crippen molar-refractivity contribution in [1.82, 2.24) is 29.5 Å². The third-order valence-electron chi connectivity index (χ3n) is 8.69. The Balaban J connectivity index is 1.11. The van der Waals surface area contributed by atoms with Crippen LogP contribution in [0, 0.1) is 0 Å². The molecular weight excluding hydrogens is 599 g/mol. The number of aromatic nitrogens is 4. The molecule has 0 radical (unpaired) electrons. The van der Waals surface area contributed by atoms with Crippen molar-refractivity contribution >= 4 is 34.4 Å². The van der Waals surface area contributed by atoms with Crippen LogP contribution in [0.3, 0.4) is 0 Å². The number of rotatable bonds is 7. The van der Waals surface area contributed by atoms with Crippen molar-refractivity contribution in [1.29, 1.82) is 0 Å². The molecule has 2 amide bonds. The van der Waals surface area contributed by atoms with Crippen molar-refractivity contribution in [3.8, 4) is 11.3 Å². The smallest absolute Gasteiger partial charge is 0.393 e. The average Bonchev–Trinajstić information content (AvgIpc) is 3.38. The van der Waals surface area contributed by atoms with Crippen LogP contribution < -0.4 is 16.0 Å². The number of hydrogen-bond acceptors (Lipinski definition) is 8. The van der Waals surface area contributed by atoms with Gasteiger partial charge in [0.15, 0.2) is 5.82 Å². The standard InChI is InChI=1S/C32H38F3N9O2/c1-42-11-13-44(14-12-42)19-21-3-5-24(16-26(21)32(33,34)35)38-31(46)40-29-17-28(43(2)41-29)20-4-10-27-22(15-20)18-36-30(39-27)37-23-6-8-25(45)9-7-23/h3-5,10,15-18,23,25,45H,6-9,11-14,19H2,1-2H3,(H,36,37,39)(H2,38,40,41,46). The Hall–Kier alpha value is -4.27. The van der Waals surface area contributed by atoms with E-state index in [0.29, 0.717) is 24.7 Å². The van der Waals surface area contributed by atoms with Gasteiger partial charge in [0.1, 0.15) is 0 Å². The van der Waals surface area contributed by atoms with E-state index in [-0.39, 0.29) is 35.8 Å². The highest BCUT2D eigenvalue weighted by molar-refractivity contribution is 5.99. The number of alkyl halides is 3. The Morgan fingerprint density at radius 3 is 2.48 bits per heavy atom. The van der Waals surface area contributed by atoms with E-state index >= 15 is 0 Å². The van der Waals surface area contributed by atoms with Gasteiger partial charge in [-0.2, -0.15) is 18.3 Å². The van der Waals surface area contributed by atoms with Gasteiger partial charge in [0.2, 0.25) is 5.95 Å². The van der Waals surface area contributed by atoms with E-state index in [2.05, 4.69) is 35.9 Å². The van der Waals surface area contributed by atoms with Crippen LogP contribution in [0.4, 0.5) is 35.4 Å². The summed E-state index contributed by atoms with van der Waals surface area (Å²) in [4.78, 5) is 26.1. The molecule has 1 aliphatic carbocycles. The number of benzene rings is 2. The van der Waals surface area contributed by atoms with Crippen molar-refractivity contribution in [2.24, 2.45) is 7.05 Å². The summed E-state index contributed by atoms with van der Waals surface area (Å²) in [6.45, 7) is 3.19. The predicted octanol–water partition coefficient (Wildman–Crippen LogP) is 5.16. The third-order valence-corrected chi connectivity index (χ3v) is 8.69. The molecule has 1 saturated heterocycles. The van der Waals surface area contributed by atoms with Crippen molar-refractivity contribution < 1.29 is 23.1 Å². The van der Waals surface area contributed by atoms with Gasteiger partial charge >= 0.3 is 12.2 Å². The van der Waals surface area contributed by atoms with Crippen LogP contribution in [0.1, 0.15) is 36.8 Å². The summed E-state index contributed by atoms with van der Waals surface area (Å²) in [5, 5.41) is 23.4. The number of fused-ring (bicyclic) bond motifs is 1. The number of aryl methyl sites for hydroxylation is 1. The van der Waals surface area contributed by atoms with Gasteiger partial charge < -0.3 is 20.6 Å². The van der Waals surface area contributed by atoms with Gasteiger partial charge in [0.05, 0.1) is 22.9 Å². The number of carbonyl (C=O) groups excluding carboxylic acids is 1. The van der Waals surface area contributed by atoms with E-state index in [9.17, 15) is 23.1 Å². The number of aliphatic hydroxyl groups is 1. The fourth-order valence-corrected chi connectivity index (χ4v) is 6.05. The monoisotopic (exact) mass is 637 g/mol. The molecule has 0 unspecified atom stereocenters. The summed E-state index contributed by atoms with van der Waals surface area (Å²) in [5.74, 6) is 0.790. The summed E-state index contributed by atoms with van der Waals surface area (Å²) >= 11 is 0. The molecule has 0 spiro atoms. The van der Waals surface area contributed by atoms with Crippen LogP contribution in [-0.4, -0.2) is 86.1 Å². The molecule has 4 N–H and O–H groups in total. The number of piperazine rings is 1. The second-order valence-corrected chi connectivity index (χ2v) is 12.2. The molecule has 2 fully saturated rings. The number of carbonyl (C=O) groups is 1. The highest BCUT2D eigenvalue weighted by atomic mass is 19.4. The number of amides is 2. The normalized spacial score (nSPS) is 19.7. The van der Waals surface area contributed by atoms with Crippen LogP contribution in [-0.2, 0) is 19.8 Å². The zero-order valence-corrected chi connectivity index (χ0v) is 25.8. The van der Waals surface area contributed by atoms with Crippen LogP contribution in [0.2, 0.25) is 0 Å². The minimum atomic E-state index is -4.56. The Kier molecular flexibility index (Phi) is 9.11. The lowest BCUT2D eigenvalue weighted by atomic mass is 9.93. The predicted molar refractivity (Wildman–Crippen MR) is 170 cm³/mol. The molecule has 2 aromatic heterocycles. The number of hydrogen-bond donors (Lipinski definition) is 4. The number of nitrogens with one attached hydrogen (secondary N) is 3. The van der Waals surface area contributed by atoms with Crippen LogP contribution in [0.25, 0.3) is 22.2 Å². The van der Waals surface area contributed by atoms with E-state index in [0.717, 1.165) is 61.3 Å². The van der Waals surface area contributed by atoms with Gasteiger partial charge in [0, 0.05) is 74.7 Å². The molecule has 46 heavy (non-hydrogen) atoms. The summed E-state index contributed by atoms with van der Waals surface area (Å²) in [6, 6.07) is 10.8. The number of anilines is 3. The molecule has 1 aliphatic heterocycles. The number of likely N-dealkylation sites (N-methyl/N-ethyl adjacent to an activating group) is 1. The molecule has 6 rings (SSSR count). The van der Waals surface area contributed by atoms with Gasteiger partial charge in [-0.3, -0.25) is 14.9 Å². The second kappa shape index (κ2) is 13.2. The van der Waals surface area contributed by atoms with Crippen molar-refractivity contribution in [3.05, 3.63) is 59.8 Å². The Morgan fingerprint density at radius 2 is 1.74 bits per heavy atom. The molecular formula is C32H38F3N9O2. The number of urea groups is 1. The maximum Gasteiger partial charge on any atom is 0.416 e. The van der Waals surface area contributed by atoms with Crippen molar-refractivity contribution in [2.45, 2.75) is 50.6 Å². The van der Waals surface area contributed by atoms with Crippen LogP contribution in [0.5, 0.6) is 0 Å². The highest BCUT2D eigenvalue weighted by Crippen LogP contribution is 2.35. The number of nitrogens with zero attached hydrogens (tertiary/aromatic N) is 6. The number of halogens is 3. The van der Waals surface area contributed by atoms with Gasteiger partial charge in [-0.25, -0.2) is 14.8 Å². The van der Waals surface area contributed by atoms with E-state index in [1.54, 1.807) is 24.0 Å². The minimum Gasteiger partial charge on any atom is -0.393 e. The maximum absolute atomic E-state index is 14.0. The molecule has 244 valence electrons. The second-order valence-electron chi connectivity index (χ2n) is 12.2. The SMILES string of the molecule is CN1CCN(Cc2ccc(NC(=O)Nc3cc(-c4ccc5nc(NC6CCC(O)CC6)ncc5c4)n(C)n3)cc2C(F)(F)F)CC1. The summed E-state index contributed by atoms with van der Waals surface area (Å²) in [5.41, 5.74) is 1.76.